The summed E-state index contributed by atoms with van der Waals surface area (Å²) in [6.07, 6.45) is 3.23. The standard InChI is InChI=1S/C18H17N3O2S2/c1-12-10-25-18(19-12)21-17(22)7-6-14-4-3-5-16(8-14)23-9-15-11-24-13(2)20-15/h3-8,10-11H,9H2,1-2H3,(H,19,21,22)/b7-6+. The number of amides is 1. The summed E-state index contributed by atoms with van der Waals surface area (Å²) in [4.78, 5) is 20.5. The summed E-state index contributed by atoms with van der Waals surface area (Å²) < 4.78 is 5.75. The lowest BCUT2D eigenvalue weighted by atomic mass is 10.2. The fourth-order valence-electron chi connectivity index (χ4n) is 2.07. The van der Waals surface area contributed by atoms with Gasteiger partial charge in [-0.3, -0.25) is 10.1 Å². The minimum Gasteiger partial charge on any atom is -0.487 e. The molecule has 0 atom stereocenters. The molecule has 0 unspecified atom stereocenters. The SMILES string of the molecule is Cc1csc(NC(=O)/C=C/c2cccc(OCc3csc(C)n3)c2)n1. The number of aromatic nitrogens is 2. The number of carbonyl (C=O) groups is 1. The van der Waals surface area contributed by atoms with E-state index in [2.05, 4.69) is 15.3 Å². The fourth-order valence-corrected chi connectivity index (χ4v) is 3.36. The Bertz CT molecular complexity index is 899. The van der Waals surface area contributed by atoms with Crippen LogP contribution in [0.3, 0.4) is 0 Å². The largest absolute Gasteiger partial charge is 0.487 e. The number of anilines is 1. The highest BCUT2D eigenvalue weighted by Crippen LogP contribution is 2.18. The molecule has 2 aromatic heterocycles. The summed E-state index contributed by atoms with van der Waals surface area (Å²) in [5, 5.41) is 8.25. The zero-order chi connectivity index (χ0) is 17.6. The second-order valence-corrected chi connectivity index (χ2v) is 7.26. The number of thiazole rings is 2. The highest BCUT2D eigenvalue weighted by molar-refractivity contribution is 7.14. The number of hydrogen-bond donors (Lipinski definition) is 1. The van der Waals surface area contributed by atoms with Gasteiger partial charge in [0.1, 0.15) is 12.4 Å². The molecule has 7 heteroatoms. The van der Waals surface area contributed by atoms with Crippen molar-refractivity contribution in [2.24, 2.45) is 0 Å². The van der Waals surface area contributed by atoms with Crippen LogP contribution < -0.4 is 10.1 Å². The van der Waals surface area contributed by atoms with Gasteiger partial charge in [-0.2, -0.15) is 0 Å². The van der Waals surface area contributed by atoms with E-state index < -0.39 is 0 Å². The zero-order valence-corrected chi connectivity index (χ0v) is 15.5. The number of nitrogens with one attached hydrogen (secondary N) is 1. The monoisotopic (exact) mass is 371 g/mol. The highest BCUT2D eigenvalue weighted by Gasteiger charge is 2.03. The molecule has 0 radical (unpaired) electrons. The highest BCUT2D eigenvalue weighted by atomic mass is 32.1. The third-order valence-corrected chi connectivity index (χ3v) is 4.89. The van der Waals surface area contributed by atoms with Crippen molar-refractivity contribution in [3.05, 3.63) is 63.1 Å². The molecule has 0 fully saturated rings. The van der Waals surface area contributed by atoms with Crippen molar-refractivity contribution in [2.75, 3.05) is 5.32 Å². The Morgan fingerprint density at radius 2 is 2.12 bits per heavy atom. The van der Waals surface area contributed by atoms with E-state index in [9.17, 15) is 4.79 Å². The molecular weight excluding hydrogens is 354 g/mol. The third-order valence-electron chi connectivity index (χ3n) is 3.19. The smallest absolute Gasteiger partial charge is 0.250 e. The predicted molar refractivity (Wildman–Crippen MR) is 102 cm³/mol. The lowest BCUT2D eigenvalue weighted by Crippen LogP contribution is -2.07. The first-order valence-electron chi connectivity index (χ1n) is 7.63. The van der Waals surface area contributed by atoms with E-state index in [-0.39, 0.29) is 5.91 Å². The van der Waals surface area contributed by atoms with E-state index >= 15 is 0 Å². The first-order valence-corrected chi connectivity index (χ1v) is 9.39. The number of carbonyl (C=O) groups excluding carboxylic acids is 1. The van der Waals surface area contributed by atoms with E-state index in [1.54, 1.807) is 17.4 Å². The van der Waals surface area contributed by atoms with Gasteiger partial charge in [-0.25, -0.2) is 9.97 Å². The number of rotatable bonds is 6. The van der Waals surface area contributed by atoms with Gasteiger partial charge >= 0.3 is 0 Å². The van der Waals surface area contributed by atoms with Crippen LogP contribution in [0, 0.1) is 13.8 Å². The summed E-state index contributed by atoms with van der Waals surface area (Å²) in [5.74, 6) is 0.530. The molecule has 1 amide bonds. The molecule has 1 aromatic carbocycles. The van der Waals surface area contributed by atoms with Crippen LogP contribution >= 0.6 is 22.7 Å². The average molecular weight is 371 g/mol. The van der Waals surface area contributed by atoms with Crippen molar-refractivity contribution in [3.63, 3.8) is 0 Å². The minimum absolute atomic E-state index is 0.210. The molecule has 0 aliphatic carbocycles. The molecule has 1 N–H and O–H groups in total. The molecule has 0 aliphatic heterocycles. The van der Waals surface area contributed by atoms with Crippen LogP contribution in [0.1, 0.15) is 22.0 Å². The summed E-state index contributed by atoms with van der Waals surface area (Å²) >= 11 is 3.01. The number of aryl methyl sites for hydroxylation is 2. The van der Waals surface area contributed by atoms with Crippen LogP contribution in [-0.4, -0.2) is 15.9 Å². The Morgan fingerprint density at radius 1 is 1.24 bits per heavy atom. The first-order chi connectivity index (χ1) is 12.1. The summed E-state index contributed by atoms with van der Waals surface area (Å²) in [5.41, 5.74) is 2.70. The van der Waals surface area contributed by atoms with Crippen molar-refractivity contribution < 1.29 is 9.53 Å². The lowest BCUT2D eigenvalue weighted by Gasteiger charge is -2.05. The van der Waals surface area contributed by atoms with E-state index in [0.717, 1.165) is 27.7 Å². The number of ether oxygens (including phenoxy) is 1. The Balaban J connectivity index is 1.57. The molecule has 0 saturated carbocycles. The minimum atomic E-state index is -0.210. The van der Waals surface area contributed by atoms with Gasteiger partial charge in [-0.05, 0) is 37.6 Å². The Morgan fingerprint density at radius 3 is 2.84 bits per heavy atom. The molecular formula is C18H17N3O2S2. The van der Waals surface area contributed by atoms with Crippen molar-refractivity contribution in [1.29, 1.82) is 0 Å². The second kappa shape index (κ2) is 8.04. The number of hydrogen-bond acceptors (Lipinski definition) is 6. The fraction of sp³-hybridized carbons (Fsp3) is 0.167. The molecule has 0 aliphatic rings. The number of benzene rings is 1. The van der Waals surface area contributed by atoms with E-state index in [0.29, 0.717) is 11.7 Å². The van der Waals surface area contributed by atoms with Crippen LogP contribution in [0.15, 0.2) is 41.1 Å². The molecule has 3 aromatic rings. The molecule has 0 bridgehead atoms. The van der Waals surface area contributed by atoms with E-state index in [1.165, 1.54) is 17.4 Å². The normalized spacial score (nSPS) is 11.0. The van der Waals surface area contributed by atoms with Gasteiger partial charge in [0.05, 0.1) is 16.4 Å². The molecule has 0 spiro atoms. The summed E-state index contributed by atoms with van der Waals surface area (Å²) in [7, 11) is 0. The maximum atomic E-state index is 11.9. The first kappa shape index (κ1) is 17.3. The third kappa shape index (κ3) is 5.23. The van der Waals surface area contributed by atoms with Crippen LogP contribution in [0.2, 0.25) is 0 Å². The molecule has 3 rings (SSSR count). The van der Waals surface area contributed by atoms with Gasteiger partial charge in [0.15, 0.2) is 5.13 Å². The molecule has 0 saturated heterocycles. The van der Waals surface area contributed by atoms with Crippen molar-refractivity contribution in [2.45, 2.75) is 20.5 Å². The van der Waals surface area contributed by atoms with Gasteiger partial charge in [-0.15, -0.1) is 22.7 Å². The van der Waals surface area contributed by atoms with Crippen LogP contribution in [-0.2, 0) is 11.4 Å². The van der Waals surface area contributed by atoms with Crippen molar-refractivity contribution in [3.8, 4) is 5.75 Å². The van der Waals surface area contributed by atoms with Crippen LogP contribution in [0.5, 0.6) is 5.75 Å². The molecule has 128 valence electrons. The van der Waals surface area contributed by atoms with E-state index in [4.69, 9.17) is 4.74 Å². The Hall–Kier alpha value is -2.51. The van der Waals surface area contributed by atoms with Gasteiger partial charge in [0.2, 0.25) is 5.91 Å². The second-order valence-electron chi connectivity index (χ2n) is 5.34. The van der Waals surface area contributed by atoms with E-state index in [1.807, 2.05) is 48.9 Å². The maximum Gasteiger partial charge on any atom is 0.250 e. The van der Waals surface area contributed by atoms with Gasteiger partial charge in [-0.1, -0.05) is 12.1 Å². The molecule has 5 nitrogen and oxygen atoms in total. The quantitative estimate of drug-likeness (QED) is 0.650. The van der Waals surface area contributed by atoms with Gasteiger partial charge < -0.3 is 4.74 Å². The Kier molecular flexibility index (Phi) is 5.57. The van der Waals surface area contributed by atoms with Crippen molar-refractivity contribution in [1.82, 2.24) is 9.97 Å². The summed E-state index contributed by atoms with van der Waals surface area (Å²) in [6, 6.07) is 7.58. The Labute approximate surface area is 154 Å². The topological polar surface area (TPSA) is 64.1 Å². The van der Waals surface area contributed by atoms with Gasteiger partial charge in [0, 0.05) is 16.8 Å². The van der Waals surface area contributed by atoms with Crippen molar-refractivity contribution >= 4 is 39.8 Å². The molecule has 2 heterocycles. The predicted octanol–water partition coefficient (Wildman–Crippen LogP) is 4.45. The van der Waals surface area contributed by atoms with Crippen LogP contribution in [0.4, 0.5) is 5.13 Å². The zero-order valence-electron chi connectivity index (χ0n) is 13.9. The van der Waals surface area contributed by atoms with Crippen LogP contribution in [0.25, 0.3) is 6.08 Å². The maximum absolute atomic E-state index is 11.9. The summed E-state index contributed by atoms with van der Waals surface area (Å²) in [6.45, 7) is 4.29. The average Bonchev–Trinajstić information content (AvgIpc) is 3.19. The van der Waals surface area contributed by atoms with Gasteiger partial charge in [0.25, 0.3) is 0 Å². The lowest BCUT2D eigenvalue weighted by molar-refractivity contribution is -0.111. The number of nitrogens with zero attached hydrogens (tertiary/aromatic N) is 2. The molecule has 25 heavy (non-hydrogen) atoms.